The number of hydrogen-bond donors (Lipinski definition) is 1. The van der Waals surface area contributed by atoms with E-state index in [0.29, 0.717) is 12.3 Å². The zero-order valence-electron chi connectivity index (χ0n) is 12.7. The van der Waals surface area contributed by atoms with E-state index in [-0.39, 0.29) is 11.5 Å². The highest BCUT2D eigenvalue weighted by molar-refractivity contribution is 5.20. The van der Waals surface area contributed by atoms with Crippen LogP contribution in [0.15, 0.2) is 34.9 Å². The van der Waals surface area contributed by atoms with Gasteiger partial charge in [0.1, 0.15) is 0 Å². The maximum Gasteiger partial charge on any atom is 0.228 e. The highest BCUT2D eigenvalue weighted by Crippen LogP contribution is 2.21. The Hall–Kier alpha value is -1.68. The van der Waals surface area contributed by atoms with Crippen molar-refractivity contribution >= 4 is 0 Å². The first-order chi connectivity index (χ1) is 9.50. The summed E-state index contributed by atoms with van der Waals surface area (Å²) in [7, 11) is 0. The van der Waals surface area contributed by atoms with Crippen LogP contribution in [-0.4, -0.2) is 16.7 Å². The lowest BCUT2D eigenvalue weighted by atomic mass is 9.96. The molecule has 0 spiro atoms. The second-order valence-electron chi connectivity index (χ2n) is 5.99. The number of nitrogens with one attached hydrogen (secondary N) is 1. The third kappa shape index (κ3) is 3.67. The third-order valence-electron chi connectivity index (χ3n) is 3.17. The average molecular weight is 273 g/mol. The van der Waals surface area contributed by atoms with Gasteiger partial charge in [-0.25, -0.2) is 0 Å². The molecule has 20 heavy (non-hydrogen) atoms. The summed E-state index contributed by atoms with van der Waals surface area (Å²) in [5.74, 6) is 1.44. The van der Waals surface area contributed by atoms with Gasteiger partial charge in [0.25, 0.3) is 0 Å². The van der Waals surface area contributed by atoms with Crippen molar-refractivity contribution in [3.8, 4) is 0 Å². The van der Waals surface area contributed by atoms with Crippen molar-refractivity contribution in [2.75, 3.05) is 6.54 Å². The van der Waals surface area contributed by atoms with Gasteiger partial charge in [0.15, 0.2) is 5.82 Å². The minimum atomic E-state index is -0.0812. The van der Waals surface area contributed by atoms with Crippen LogP contribution in [0.5, 0.6) is 0 Å². The summed E-state index contributed by atoms with van der Waals surface area (Å²) in [4.78, 5) is 4.51. The molecule has 0 saturated carbocycles. The summed E-state index contributed by atoms with van der Waals surface area (Å²) >= 11 is 0. The molecule has 0 saturated heterocycles. The van der Waals surface area contributed by atoms with Crippen molar-refractivity contribution in [3.63, 3.8) is 0 Å². The second kappa shape index (κ2) is 6.18. The molecule has 1 N–H and O–H groups in total. The van der Waals surface area contributed by atoms with Crippen molar-refractivity contribution in [1.82, 2.24) is 15.5 Å². The zero-order valence-corrected chi connectivity index (χ0v) is 12.7. The van der Waals surface area contributed by atoms with Gasteiger partial charge in [-0.05, 0) is 12.1 Å². The molecule has 0 aliphatic carbocycles. The molecule has 0 aliphatic rings. The number of benzene rings is 1. The molecule has 1 aromatic heterocycles. The first-order valence-corrected chi connectivity index (χ1v) is 7.12. The van der Waals surface area contributed by atoms with Crippen LogP contribution >= 0.6 is 0 Å². The Balaban J connectivity index is 2.15. The molecule has 0 radical (unpaired) electrons. The fourth-order valence-corrected chi connectivity index (χ4v) is 2.06. The molecular weight excluding hydrogens is 250 g/mol. The average Bonchev–Trinajstić information content (AvgIpc) is 2.88. The Bertz CT molecular complexity index is 528. The lowest BCUT2D eigenvalue weighted by Crippen LogP contribution is -2.23. The molecule has 1 atom stereocenters. The highest BCUT2D eigenvalue weighted by Gasteiger charge is 2.22. The van der Waals surface area contributed by atoms with Crippen molar-refractivity contribution in [2.45, 2.75) is 45.6 Å². The number of aromatic nitrogens is 2. The van der Waals surface area contributed by atoms with Crippen LogP contribution < -0.4 is 5.32 Å². The third-order valence-corrected chi connectivity index (χ3v) is 3.17. The van der Waals surface area contributed by atoms with E-state index in [1.807, 2.05) is 18.2 Å². The van der Waals surface area contributed by atoms with Gasteiger partial charge >= 0.3 is 0 Å². The molecule has 0 aliphatic heterocycles. The van der Waals surface area contributed by atoms with E-state index in [1.165, 1.54) is 5.56 Å². The Morgan fingerprint density at radius 1 is 1.20 bits per heavy atom. The van der Waals surface area contributed by atoms with Crippen LogP contribution in [0.4, 0.5) is 0 Å². The minimum Gasteiger partial charge on any atom is -0.339 e. The van der Waals surface area contributed by atoms with Gasteiger partial charge in [0.2, 0.25) is 5.89 Å². The van der Waals surface area contributed by atoms with Crippen LogP contribution in [0.3, 0.4) is 0 Å². The van der Waals surface area contributed by atoms with E-state index < -0.39 is 0 Å². The number of rotatable bonds is 5. The van der Waals surface area contributed by atoms with Crippen molar-refractivity contribution in [2.24, 2.45) is 0 Å². The molecule has 2 aromatic rings. The van der Waals surface area contributed by atoms with Gasteiger partial charge in [0, 0.05) is 17.9 Å². The molecule has 108 valence electrons. The number of likely N-dealkylation sites (N-methyl/N-ethyl adjacent to an activating group) is 1. The molecule has 2 rings (SSSR count). The highest BCUT2D eigenvalue weighted by atomic mass is 16.5. The second-order valence-corrected chi connectivity index (χ2v) is 5.99. The van der Waals surface area contributed by atoms with Crippen LogP contribution in [-0.2, 0) is 11.8 Å². The first kappa shape index (κ1) is 14.7. The van der Waals surface area contributed by atoms with Gasteiger partial charge < -0.3 is 9.84 Å². The topological polar surface area (TPSA) is 51.0 Å². The van der Waals surface area contributed by atoms with Gasteiger partial charge in [-0.15, -0.1) is 0 Å². The fraction of sp³-hybridized carbons (Fsp3) is 0.500. The Labute approximate surface area is 120 Å². The summed E-state index contributed by atoms with van der Waals surface area (Å²) in [5, 5.41) is 7.55. The summed E-state index contributed by atoms with van der Waals surface area (Å²) in [6, 6.07) is 10.6. The molecule has 1 heterocycles. The van der Waals surface area contributed by atoms with Crippen molar-refractivity contribution < 1.29 is 4.52 Å². The van der Waals surface area contributed by atoms with Gasteiger partial charge in [0.05, 0.1) is 0 Å². The largest absolute Gasteiger partial charge is 0.339 e. The molecule has 1 aromatic carbocycles. The standard InChI is InChI=1S/C16H23N3O/c1-5-17-13(12-9-7-6-8-10-12)11-14-18-15(19-20-14)16(2,3)4/h6-10,13,17H,5,11H2,1-4H3. The van der Waals surface area contributed by atoms with Crippen LogP contribution in [0.25, 0.3) is 0 Å². The van der Waals surface area contributed by atoms with Crippen LogP contribution in [0, 0.1) is 0 Å². The molecule has 0 amide bonds. The maximum atomic E-state index is 5.39. The van der Waals surface area contributed by atoms with Crippen LogP contribution in [0.1, 0.15) is 51.0 Å². The monoisotopic (exact) mass is 273 g/mol. The number of nitrogens with zero attached hydrogens (tertiary/aromatic N) is 2. The van der Waals surface area contributed by atoms with E-state index in [2.05, 4.69) is 55.3 Å². The first-order valence-electron chi connectivity index (χ1n) is 7.12. The summed E-state index contributed by atoms with van der Waals surface area (Å²) in [6.07, 6.45) is 0.709. The molecule has 0 bridgehead atoms. The Morgan fingerprint density at radius 3 is 2.45 bits per heavy atom. The van der Waals surface area contributed by atoms with Crippen molar-refractivity contribution in [1.29, 1.82) is 0 Å². The molecule has 4 heteroatoms. The minimum absolute atomic E-state index is 0.0812. The predicted molar refractivity (Wildman–Crippen MR) is 79.6 cm³/mol. The van der Waals surface area contributed by atoms with E-state index in [0.717, 1.165) is 12.4 Å². The predicted octanol–water partition coefficient (Wildman–Crippen LogP) is 3.26. The van der Waals surface area contributed by atoms with Gasteiger partial charge in [-0.3, -0.25) is 0 Å². The Kier molecular flexibility index (Phi) is 4.55. The molecule has 1 unspecified atom stereocenters. The SMILES string of the molecule is CCNC(Cc1nc(C(C)(C)C)no1)c1ccccc1. The van der Waals surface area contributed by atoms with Crippen LogP contribution in [0.2, 0.25) is 0 Å². The Morgan fingerprint density at radius 2 is 1.90 bits per heavy atom. The summed E-state index contributed by atoms with van der Waals surface area (Å²) < 4.78 is 5.39. The quantitative estimate of drug-likeness (QED) is 0.908. The molecule has 4 nitrogen and oxygen atoms in total. The molecular formula is C16H23N3O. The molecule has 0 fully saturated rings. The van der Waals surface area contributed by atoms with Gasteiger partial charge in [-0.1, -0.05) is 63.2 Å². The van der Waals surface area contributed by atoms with E-state index in [4.69, 9.17) is 4.52 Å². The summed E-state index contributed by atoms with van der Waals surface area (Å²) in [6.45, 7) is 9.26. The normalized spacial score (nSPS) is 13.4. The number of hydrogen-bond acceptors (Lipinski definition) is 4. The zero-order chi connectivity index (χ0) is 14.6. The lowest BCUT2D eigenvalue weighted by Gasteiger charge is -2.16. The maximum absolute atomic E-state index is 5.39. The van der Waals surface area contributed by atoms with E-state index in [9.17, 15) is 0 Å². The lowest BCUT2D eigenvalue weighted by molar-refractivity contribution is 0.348. The van der Waals surface area contributed by atoms with E-state index in [1.54, 1.807) is 0 Å². The fourth-order valence-electron chi connectivity index (χ4n) is 2.06. The summed E-state index contributed by atoms with van der Waals surface area (Å²) in [5.41, 5.74) is 1.16. The van der Waals surface area contributed by atoms with Gasteiger partial charge in [-0.2, -0.15) is 4.98 Å². The van der Waals surface area contributed by atoms with E-state index >= 15 is 0 Å². The van der Waals surface area contributed by atoms with Crippen molar-refractivity contribution in [3.05, 3.63) is 47.6 Å². The smallest absolute Gasteiger partial charge is 0.228 e.